The van der Waals surface area contributed by atoms with Gasteiger partial charge in [0.15, 0.2) is 0 Å². The maximum atomic E-state index is 12.8. The largest absolute Gasteiger partial charge is 0.340 e. The maximum Gasteiger partial charge on any atom is 0.227 e. The minimum atomic E-state index is -3.45. The number of piperazine rings is 1. The Bertz CT molecular complexity index is 1080. The first kappa shape index (κ1) is 24.4. The Labute approximate surface area is 195 Å². The van der Waals surface area contributed by atoms with Crippen molar-refractivity contribution in [3.63, 3.8) is 0 Å². The summed E-state index contributed by atoms with van der Waals surface area (Å²) in [7, 11) is -3.45. The predicted octanol–water partition coefficient (Wildman–Crippen LogP) is 2.39. The van der Waals surface area contributed by atoms with Gasteiger partial charge in [0.2, 0.25) is 21.8 Å². The number of nitriles is 1. The molecule has 33 heavy (non-hydrogen) atoms. The van der Waals surface area contributed by atoms with Crippen molar-refractivity contribution in [2.45, 2.75) is 25.0 Å². The van der Waals surface area contributed by atoms with E-state index in [4.69, 9.17) is 5.26 Å². The lowest BCUT2D eigenvalue weighted by atomic mass is 10.2. The Morgan fingerprint density at radius 2 is 1.52 bits per heavy atom. The van der Waals surface area contributed by atoms with Crippen LogP contribution in [0.3, 0.4) is 0 Å². The summed E-state index contributed by atoms with van der Waals surface area (Å²) in [6.07, 6.45) is 0.283. The van der Waals surface area contributed by atoms with E-state index in [0.29, 0.717) is 18.8 Å². The van der Waals surface area contributed by atoms with E-state index in [1.165, 1.54) is 9.21 Å². The van der Waals surface area contributed by atoms with Crippen LogP contribution in [0.5, 0.6) is 0 Å². The number of hydrogen-bond donors (Lipinski definition) is 0. The zero-order valence-corrected chi connectivity index (χ0v) is 19.3. The highest BCUT2D eigenvalue weighted by atomic mass is 32.2. The lowest BCUT2D eigenvalue weighted by Gasteiger charge is -2.34. The monoisotopic (exact) mass is 468 g/mol. The van der Waals surface area contributed by atoms with E-state index in [-0.39, 0.29) is 56.5 Å². The molecule has 0 aromatic heterocycles. The Morgan fingerprint density at radius 3 is 2.12 bits per heavy atom. The molecule has 9 heteroatoms. The van der Waals surface area contributed by atoms with Crippen molar-refractivity contribution in [1.82, 2.24) is 9.21 Å². The van der Waals surface area contributed by atoms with Crippen LogP contribution in [0.2, 0.25) is 0 Å². The van der Waals surface area contributed by atoms with Gasteiger partial charge < -0.3 is 9.80 Å². The van der Waals surface area contributed by atoms with E-state index in [1.54, 1.807) is 29.2 Å². The van der Waals surface area contributed by atoms with E-state index in [0.717, 1.165) is 5.56 Å². The summed E-state index contributed by atoms with van der Waals surface area (Å²) in [6.45, 7) is 1.36. The quantitative estimate of drug-likeness (QED) is 0.562. The number of anilines is 1. The van der Waals surface area contributed by atoms with Crippen LogP contribution in [0.25, 0.3) is 0 Å². The Kier molecular flexibility index (Phi) is 8.58. The van der Waals surface area contributed by atoms with E-state index in [9.17, 15) is 18.0 Å². The summed E-state index contributed by atoms with van der Waals surface area (Å²) in [5, 5.41) is 8.90. The SMILES string of the molecule is N#CCCN(C(=O)CCC(=O)N1CCN(S(=O)(=O)Cc2ccccc2)CC1)c1ccccc1. The van der Waals surface area contributed by atoms with Gasteiger partial charge in [-0.3, -0.25) is 9.59 Å². The van der Waals surface area contributed by atoms with Gasteiger partial charge in [-0.1, -0.05) is 48.5 Å². The zero-order chi connectivity index (χ0) is 23.7. The van der Waals surface area contributed by atoms with Crippen molar-refractivity contribution in [2.24, 2.45) is 0 Å². The van der Waals surface area contributed by atoms with Crippen molar-refractivity contribution in [3.8, 4) is 6.07 Å². The average Bonchev–Trinajstić information content (AvgIpc) is 2.84. The smallest absolute Gasteiger partial charge is 0.227 e. The summed E-state index contributed by atoms with van der Waals surface area (Å²) in [4.78, 5) is 28.6. The molecule has 8 nitrogen and oxygen atoms in total. The second-order valence-corrected chi connectivity index (χ2v) is 9.78. The maximum absolute atomic E-state index is 12.8. The van der Waals surface area contributed by atoms with Crippen molar-refractivity contribution in [3.05, 3.63) is 66.2 Å². The van der Waals surface area contributed by atoms with Gasteiger partial charge in [0.25, 0.3) is 0 Å². The normalized spacial score (nSPS) is 14.5. The fraction of sp³-hybridized carbons (Fsp3) is 0.375. The topological polar surface area (TPSA) is 102 Å². The number of amides is 2. The van der Waals surface area contributed by atoms with Crippen LogP contribution in [0.1, 0.15) is 24.8 Å². The number of nitrogens with zero attached hydrogens (tertiary/aromatic N) is 4. The number of sulfonamides is 1. The molecule has 0 aliphatic carbocycles. The summed E-state index contributed by atoms with van der Waals surface area (Å²) >= 11 is 0. The number of para-hydroxylation sites is 1. The third-order valence-corrected chi connectivity index (χ3v) is 7.40. The Hall–Kier alpha value is -3.22. The molecular weight excluding hydrogens is 440 g/mol. The van der Waals surface area contributed by atoms with E-state index in [1.807, 2.05) is 42.5 Å². The van der Waals surface area contributed by atoms with E-state index >= 15 is 0 Å². The molecule has 1 aliphatic heterocycles. The number of carbonyl (C=O) groups excluding carboxylic acids is 2. The molecular formula is C24H28N4O4S. The first-order chi connectivity index (χ1) is 15.9. The Morgan fingerprint density at radius 1 is 0.909 bits per heavy atom. The lowest BCUT2D eigenvalue weighted by molar-refractivity contribution is -0.134. The standard InChI is InChI=1S/C24H28N4O4S/c25-14-7-15-28(22-10-5-2-6-11-22)24(30)13-12-23(29)26-16-18-27(19-17-26)33(31,32)20-21-8-3-1-4-9-21/h1-6,8-11H,7,12-13,15-20H2. The van der Waals surface area contributed by atoms with Crippen LogP contribution in [0.15, 0.2) is 60.7 Å². The van der Waals surface area contributed by atoms with Gasteiger partial charge in [-0.05, 0) is 17.7 Å². The third kappa shape index (κ3) is 6.88. The summed E-state index contributed by atoms with van der Waals surface area (Å²) < 4.78 is 26.8. The van der Waals surface area contributed by atoms with Crippen molar-refractivity contribution < 1.29 is 18.0 Å². The molecule has 3 rings (SSSR count). The molecule has 1 saturated heterocycles. The molecule has 2 aromatic rings. The second kappa shape index (κ2) is 11.6. The molecule has 0 unspecified atom stereocenters. The average molecular weight is 469 g/mol. The molecule has 0 bridgehead atoms. The number of benzene rings is 2. The fourth-order valence-corrected chi connectivity index (χ4v) is 5.28. The van der Waals surface area contributed by atoms with Crippen LogP contribution in [-0.2, 0) is 25.4 Å². The summed E-state index contributed by atoms with van der Waals surface area (Å²) in [6, 6.07) is 20.1. The van der Waals surface area contributed by atoms with Gasteiger partial charge in [0.05, 0.1) is 18.2 Å². The minimum Gasteiger partial charge on any atom is -0.340 e. The third-order valence-electron chi connectivity index (χ3n) is 5.55. The molecule has 174 valence electrons. The van der Waals surface area contributed by atoms with Crippen LogP contribution in [0.4, 0.5) is 5.69 Å². The van der Waals surface area contributed by atoms with Gasteiger partial charge in [-0.15, -0.1) is 0 Å². The summed E-state index contributed by atoms with van der Waals surface area (Å²) in [5.41, 5.74) is 1.43. The molecule has 2 amide bonds. The molecule has 0 radical (unpaired) electrons. The van der Waals surface area contributed by atoms with Crippen molar-refractivity contribution in [1.29, 1.82) is 5.26 Å². The molecule has 0 spiro atoms. The van der Waals surface area contributed by atoms with Crippen LogP contribution >= 0.6 is 0 Å². The first-order valence-corrected chi connectivity index (χ1v) is 12.5. The predicted molar refractivity (Wildman–Crippen MR) is 125 cm³/mol. The van der Waals surface area contributed by atoms with Gasteiger partial charge in [0.1, 0.15) is 0 Å². The fourth-order valence-electron chi connectivity index (χ4n) is 3.77. The molecule has 0 saturated carbocycles. The van der Waals surface area contributed by atoms with Crippen LogP contribution in [-0.4, -0.2) is 62.2 Å². The number of rotatable bonds is 9. The first-order valence-electron chi connectivity index (χ1n) is 10.9. The lowest BCUT2D eigenvalue weighted by Crippen LogP contribution is -2.50. The van der Waals surface area contributed by atoms with E-state index in [2.05, 4.69) is 0 Å². The molecule has 0 N–H and O–H groups in total. The van der Waals surface area contributed by atoms with Gasteiger partial charge in [-0.2, -0.15) is 9.57 Å². The highest BCUT2D eigenvalue weighted by Gasteiger charge is 2.29. The van der Waals surface area contributed by atoms with Crippen LogP contribution < -0.4 is 4.90 Å². The number of carbonyl (C=O) groups is 2. The highest BCUT2D eigenvalue weighted by molar-refractivity contribution is 7.88. The molecule has 1 aliphatic rings. The summed E-state index contributed by atoms with van der Waals surface area (Å²) in [5.74, 6) is -0.445. The molecule has 1 fully saturated rings. The Balaban J connectivity index is 1.50. The number of hydrogen-bond acceptors (Lipinski definition) is 5. The van der Waals surface area contributed by atoms with Gasteiger partial charge >= 0.3 is 0 Å². The van der Waals surface area contributed by atoms with Gasteiger partial charge in [0, 0.05) is 51.3 Å². The van der Waals surface area contributed by atoms with Gasteiger partial charge in [-0.25, -0.2) is 8.42 Å². The molecule has 1 heterocycles. The minimum absolute atomic E-state index is 0.0334. The van der Waals surface area contributed by atoms with Crippen molar-refractivity contribution in [2.75, 3.05) is 37.6 Å². The van der Waals surface area contributed by atoms with Crippen molar-refractivity contribution >= 4 is 27.5 Å². The molecule has 0 atom stereocenters. The van der Waals surface area contributed by atoms with E-state index < -0.39 is 10.0 Å². The molecule has 2 aromatic carbocycles. The zero-order valence-electron chi connectivity index (χ0n) is 18.5. The highest BCUT2D eigenvalue weighted by Crippen LogP contribution is 2.17. The second-order valence-electron chi connectivity index (χ2n) is 7.81. The van der Waals surface area contributed by atoms with Crippen LogP contribution in [0, 0.1) is 11.3 Å².